The first-order valence-corrected chi connectivity index (χ1v) is 9.30. The molecule has 5 aromatic rings. The molecule has 0 unspecified atom stereocenters. The molecule has 0 radical (unpaired) electrons. The minimum absolute atomic E-state index is 0.500. The number of hydrogen-bond acceptors (Lipinski definition) is 3. The van der Waals surface area contributed by atoms with Gasteiger partial charge in [-0.05, 0) is 48.5 Å². The highest BCUT2D eigenvalue weighted by Gasteiger charge is 2.09. The van der Waals surface area contributed by atoms with E-state index in [1.54, 1.807) is 0 Å². The highest BCUT2D eigenvalue weighted by molar-refractivity contribution is 6.30. The number of H-pyrrole nitrogens is 1. The largest absolute Gasteiger partial charge is 0.436 e. The van der Waals surface area contributed by atoms with E-state index in [2.05, 4.69) is 39.8 Å². The Bertz CT molecular complexity index is 1320. The van der Waals surface area contributed by atoms with Crippen LogP contribution in [0.5, 0.6) is 0 Å². The number of rotatable bonds is 3. The van der Waals surface area contributed by atoms with Crippen LogP contribution in [0.3, 0.4) is 0 Å². The molecule has 2 N–H and O–H groups in total. The fourth-order valence-corrected chi connectivity index (χ4v) is 3.33. The predicted octanol–water partition coefficient (Wildman–Crippen LogP) is 6.16. The van der Waals surface area contributed by atoms with Gasteiger partial charge in [-0.15, -0.1) is 5.10 Å². The number of halogens is 1. The van der Waals surface area contributed by atoms with Crippen molar-refractivity contribution in [2.45, 2.75) is 0 Å². The Morgan fingerprint density at radius 3 is 2.39 bits per heavy atom. The zero-order valence-electron chi connectivity index (χ0n) is 14.8. The van der Waals surface area contributed by atoms with Gasteiger partial charge in [0.2, 0.25) is 5.55 Å². The first-order chi connectivity index (χ1) is 13.8. The van der Waals surface area contributed by atoms with Crippen LogP contribution in [-0.4, -0.2) is 4.98 Å². The molecule has 0 aliphatic carbocycles. The lowest BCUT2D eigenvalue weighted by atomic mass is 10.1. The molecule has 0 saturated carbocycles. The van der Waals surface area contributed by atoms with Crippen LogP contribution in [0.2, 0.25) is 5.02 Å². The van der Waals surface area contributed by atoms with Gasteiger partial charge in [0.1, 0.15) is 5.58 Å². The van der Waals surface area contributed by atoms with Crippen LogP contribution in [0.15, 0.2) is 94.4 Å². The van der Waals surface area contributed by atoms with E-state index in [1.807, 2.05) is 60.7 Å². The molecule has 2 aromatic heterocycles. The second-order valence-electron chi connectivity index (χ2n) is 6.50. The minimum Gasteiger partial charge on any atom is -0.436 e. The van der Waals surface area contributed by atoms with Crippen molar-refractivity contribution in [2.75, 3.05) is 5.43 Å². The molecule has 4 nitrogen and oxygen atoms in total. The molecule has 0 spiro atoms. The van der Waals surface area contributed by atoms with Crippen LogP contribution in [0.25, 0.3) is 33.1 Å². The first kappa shape index (κ1) is 16.7. The third kappa shape index (κ3) is 3.15. The Hall–Kier alpha value is -3.50. The van der Waals surface area contributed by atoms with Crippen molar-refractivity contribution in [1.82, 2.24) is 4.98 Å². The summed E-state index contributed by atoms with van der Waals surface area (Å²) in [5.41, 5.74) is 8.07. The standard InChI is InChI=1S/C23H16ClN3O/c24-17-9-11-18(12-10-17)26-27-23-19(13-16-6-2-4-8-22(16)28-23)21-14-15-5-1-3-7-20(15)25-21/h1-14,25-26H/b27-23+. The molecule has 0 bridgehead atoms. The number of fused-ring (bicyclic) bond motifs is 2. The fourth-order valence-electron chi connectivity index (χ4n) is 3.20. The molecule has 5 heteroatoms. The summed E-state index contributed by atoms with van der Waals surface area (Å²) >= 11 is 5.96. The summed E-state index contributed by atoms with van der Waals surface area (Å²) in [5, 5.41) is 7.36. The van der Waals surface area contributed by atoms with Gasteiger partial charge in [0.25, 0.3) is 0 Å². The van der Waals surface area contributed by atoms with Crippen LogP contribution < -0.4 is 11.0 Å². The Labute approximate surface area is 166 Å². The maximum absolute atomic E-state index is 6.11. The molecular weight excluding hydrogens is 370 g/mol. The topological polar surface area (TPSA) is 53.3 Å². The van der Waals surface area contributed by atoms with Crippen LogP contribution in [-0.2, 0) is 0 Å². The molecule has 2 heterocycles. The van der Waals surface area contributed by atoms with Crippen molar-refractivity contribution >= 4 is 39.2 Å². The fraction of sp³-hybridized carbons (Fsp3) is 0. The van der Waals surface area contributed by atoms with Crippen molar-refractivity contribution in [2.24, 2.45) is 5.10 Å². The Balaban J connectivity index is 1.68. The number of nitrogens with zero attached hydrogens (tertiary/aromatic N) is 1. The third-order valence-corrected chi connectivity index (χ3v) is 4.86. The van der Waals surface area contributed by atoms with E-state index in [4.69, 9.17) is 16.0 Å². The average Bonchev–Trinajstić information content (AvgIpc) is 3.17. The number of para-hydroxylation sites is 2. The number of benzene rings is 3. The van der Waals surface area contributed by atoms with Gasteiger partial charge < -0.3 is 9.40 Å². The highest BCUT2D eigenvalue weighted by atomic mass is 35.5. The van der Waals surface area contributed by atoms with E-state index >= 15 is 0 Å². The van der Waals surface area contributed by atoms with Crippen molar-refractivity contribution in [1.29, 1.82) is 0 Å². The maximum atomic E-state index is 6.11. The van der Waals surface area contributed by atoms with Gasteiger partial charge in [-0.1, -0.05) is 48.0 Å². The molecular formula is C23H16ClN3O. The second-order valence-corrected chi connectivity index (χ2v) is 6.94. The van der Waals surface area contributed by atoms with Gasteiger partial charge in [-0.2, -0.15) is 0 Å². The highest BCUT2D eigenvalue weighted by Crippen LogP contribution is 2.24. The van der Waals surface area contributed by atoms with Crippen LogP contribution in [0, 0.1) is 0 Å². The van der Waals surface area contributed by atoms with Gasteiger partial charge in [0, 0.05) is 21.3 Å². The van der Waals surface area contributed by atoms with E-state index in [0.29, 0.717) is 10.6 Å². The normalized spacial score (nSPS) is 12.0. The Kier molecular flexibility index (Phi) is 4.11. The second kappa shape index (κ2) is 6.91. The van der Waals surface area contributed by atoms with E-state index < -0.39 is 0 Å². The van der Waals surface area contributed by atoms with Crippen LogP contribution in [0.1, 0.15) is 0 Å². The zero-order chi connectivity index (χ0) is 18.9. The summed E-state index contributed by atoms with van der Waals surface area (Å²) in [6, 6.07) is 27.7. The molecule has 3 aromatic carbocycles. The van der Waals surface area contributed by atoms with Gasteiger partial charge >= 0.3 is 0 Å². The lowest BCUT2D eigenvalue weighted by Gasteiger charge is -2.04. The minimum atomic E-state index is 0.500. The Morgan fingerprint density at radius 2 is 1.57 bits per heavy atom. The molecule has 0 saturated heterocycles. The number of anilines is 1. The maximum Gasteiger partial charge on any atom is 0.245 e. The average molecular weight is 386 g/mol. The number of nitrogens with one attached hydrogen (secondary N) is 2. The molecule has 136 valence electrons. The van der Waals surface area contributed by atoms with Crippen molar-refractivity contribution < 1.29 is 4.42 Å². The van der Waals surface area contributed by atoms with Crippen molar-refractivity contribution in [3.05, 3.63) is 95.5 Å². The smallest absolute Gasteiger partial charge is 0.245 e. The van der Waals surface area contributed by atoms with Gasteiger partial charge in [-0.3, -0.25) is 5.43 Å². The zero-order valence-corrected chi connectivity index (χ0v) is 15.6. The van der Waals surface area contributed by atoms with Crippen molar-refractivity contribution in [3.8, 4) is 11.3 Å². The molecule has 0 aliphatic rings. The SMILES string of the molecule is Clc1ccc(N/N=c2/oc3ccccc3cc2-c2cc3ccccc3[nH]2)cc1. The van der Waals surface area contributed by atoms with E-state index in [1.165, 1.54) is 0 Å². The Morgan fingerprint density at radius 1 is 0.821 bits per heavy atom. The summed E-state index contributed by atoms with van der Waals surface area (Å²) in [6.45, 7) is 0. The lowest BCUT2D eigenvalue weighted by molar-refractivity contribution is 0.543. The third-order valence-electron chi connectivity index (χ3n) is 4.61. The first-order valence-electron chi connectivity index (χ1n) is 8.93. The number of aromatic nitrogens is 1. The number of hydrogen-bond donors (Lipinski definition) is 2. The van der Waals surface area contributed by atoms with Crippen LogP contribution in [0.4, 0.5) is 5.69 Å². The summed E-state index contributed by atoms with van der Waals surface area (Å²) in [5.74, 6) is 0. The molecule has 0 atom stereocenters. The summed E-state index contributed by atoms with van der Waals surface area (Å²) in [6.07, 6.45) is 0. The predicted molar refractivity (Wildman–Crippen MR) is 114 cm³/mol. The van der Waals surface area contributed by atoms with E-state index in [0.717, 1.165) is 38.8 Å². The van der Waals surface area contributed by atoms with Crippen molar-refractivity contribution in [3.63, 3.8) is 0 Å². The van der Waals surface area contributed by atoms with Gasteiger partial charge in [0.15, 0.2) is 0 Å². The van der Waals surface area contributed by atoms with E-state index in [9.17, 15) is 0 Å². The van der Waals surface area contributed by atoms with Gasteiger partial charge in [0.05, 0.1) is 16.9 Å². The monoisotopic (exact) mass is 385 g/mol. The molecule has 0 fully saturated rings. The molecule has 5 rings (SSSR count). The molecule has 0 amide bonds. The summed E-state index contributed by atoms with van der Waals surface area (Å²) in [4.78, 5) is 3.46. The quantitative estimate of drug-likeness (QED) is 0.365. The number of aromatic amines is 1. The van der Waals surface area contributed by atoms with Gasteiger partial charge in [-0.25, -0.2) is 0 Å². The lowest BCUT2D eigenvalue weighted by Crippen LogP contribution is -2.09. The molecule has 28 heavy (non-hydrogen) atoms. The van der Waals surface area contributed by atoms with E-state index in [-0.39, 0.29) is 0 Å². The molecule has 0 aliphatic heterocycles. The summed E-state index contributed by atoms with van der Waals surface area (Å²) in [7, 11) is 0. The summed E-state index contributed by atoms with van der Waals surface area (Å²) < 4.78 is 6.11. The van der Waals surface area contributed by atoms with Crippen LogP contribution >= 0.6 is 11.6 Å².